The van der Waals surface area contributed by atoms with Crippen LogP contribution < -0.4 is 0 Å². The molecule has 6 heteroatoms. The molecule has 1 unspecified atom stereocenters. The number of carbonyl (C=O) groups is 2. The van der Waals surface area contributed by atoms with Gasteiger partial charge in [-0.1, -0.05) is 34.1 Å². The number of hydrogen-bond donors (Lipinski definition) is 2. The lowest BCUT2D eigenvalue weighted by atomic mass is 10.1. The Balaban J connectivity index is 2.20. The topological polar surface area (TPSA) is 57.6 Å². The second-order valence-electron chi connectivity index (χ2n) is 4.55. The van der Waals surface area contributed by atoms with Crippen LogP contribution in [0.25, 0.3) is 0 Å². The fraction of sp³-hybridized carbons (Fsp3) is 0.385. The number of nitrogens with zero attached hydrogens (tertiary/aromatic N) is 1. The van der Waals surface area contributed by atoms with E-state index in [0.717, 1.165) is 10.0 Å². The van der Waals surface area contributed by atoms with Crippen LogP contribution in [0.4, 0.5) is 0 Å². The standard InChI is InChI=1S/C13H14BrNO3S/c14-10-4-2-1-3-8(10)5-11(13(17)18)15-7-9(19)6-12(15)16/h1-4,9,11,19H,5-7H2,(H,17,18)/t9?,11-/m0/s1. The van der Waals surface area contributed by atoms with Crippen LogP contribution in [0.3, 0.4) is 0 Å². The zero-order valence-corrected chi connectivity index (χ0v) is 12.6. The number of thiol groups is 1. The molecule has 0 aromatic heterocycles. The predicted molar refractivity (Wildman–Crippen MR) is 78.4 cm³/mol. The van der Waals surface area contributed by atoms with E-state index in [1.54, 1.807) is 0 Å². The second-order valence-corrected chi connectivity index (χ2v) is 6.14. The molecule has 2 rings (SSSR count). The van der Waals surface area contributed by atoms with Gasteiger partial charge in [0, 0.05) is 29.1 Å². The highest BCUT2D eigenvalue weighted by Gasteiger charge is 2.36. The third kappa shape index (κ3) is 3.30. The SMILES string of the molecule is O=C(O)[C@H](Cc1ccccc1Br)N1CC(S)CC1=O. The second kappa shape index (κ2) is 5.96. The summed E-state index contributed by atoms with van der Waals surface area (Å²) in [7, 11) is 0. The van der Waals surface area contributed by atoms with Gasteiger partial charge in [-0.15, -0.1) is 0 Å². The summed E-state index contributed by atoms with van der Waals surface area (Å²) in [6.07, 6.45) is 0.603. The van der Waals surface area contributed by atoms with Crippen LogP contribution in [-0.4, -0.2) is 39.7 Å². The molecule has 1 amide bonds. The largest absolute Gasteiger partial charge is 0.480 e. The number of amides is 1. The molecule has 102 valence electrons. The number of hydrogen-bond acceptors (Lipinski definition) is 3. The van der Waals surface area contributed by atoms with Crippen molar-refractivity contribution in [2.24, 2.45) is 0 Å². The molecular formula is C13H14BrNO3S. The first-order chi connectivity index (χ1) is 8.99. The first-order valence-electron chi connectivity index (χ1n) is 5.92. The highest BCUT2D eigenvalue weighted by molar-refractivity contribution is 9.10. The van der Waals surface area contributed by atoms with Crippen molar-refractivity contribution in [3.8, 4) is 0 Å². The van der Waals surface area contributed by atoms with Gasteiger partial charge in [-0.05, 0) is 11.6 Å². The van der Waals surface area contributed by atoms with Crippen molar-refractivity contribution in [1.82, 2.24) is 4.90 Å². The Kier molecular flexibility index (Phi) is 4.52. The van der Waals surface area contributed by atoms with Crippen LogP contribution in [0, 0.1) is 0 Å². The summed E-state index contributed by atoms with van der Waals surface area (Å²) in [5.74, 6) is -1.12. The van der Waals surface area contributed by atoms with E-state index in [1.165, 1.54) is 4.90 Å². The van der Waals surface area contributed by atoms with Gasteiger partial charge in [-0.25, -0.2) is 4.79 Å². The maximum atomic E-state index is 11.8. The van der Waals surface area contributed by atoms with Crippen molar-refractivity contribution in [1.29, 1.82) is 0 Å². The van der Waals surface area contributed by atoms with E-state index in [9.17, 15) is 14.7 Å². The maximum Gasteiger partial charge on any atom is 0.326 e. The molecule has 1 aliphatic heterocycles. The average molecular weight is 344 g/mol. The van der Waals surface area contributed by atoms with Crippen LogP contribution in [0.1, 0.15) is 12.0 Å². The summed E-state index contributed by atoms with van der Waals surface area (Å²) in [5.41, 5.74) is 0.880. The van der Waals surface area contributed by atoms with E-state index in [0.29, 0.717) is 19.4 Å². The number of halogens is 1. The molecule has 0 radical (unpaired) electrons. The molecule has 1 saturated heterocycles. The molecule has 0 spiro atoms. The molecule has 1 aromatic rings. The molecule has 1 aliphatic rings. The first-order valence-corrected chi connectivity index (χ1v) is 7.23. The quantitative estimate of drug-likeness (QED) is 0.822. The van der Waals surface area contributed by atoms with Gasteiger partial charge in [-0.2, -0.15) is 12.6 Å². The van der Waals surface area contributed by atoms with E-state index in [1.807, 2.05) is 24.3 Å². The van der Waals surface area contributed by atoms with Crippen LogP contribution in [-0.2, 0) is 16.0 Å². The lowest BCUT2D eigenvalue weighted by molar-refractivity contribution is -0.148. The van der Waals surface area contributed by atoms with Gasteiger partial charge in [-0.3, -0.25) is 4.79 Å². The van der Waals surface area contributed by atoms with E-state index < -0.39 is 12.0 Å². The summed E-state index contributed by atoms with van der Waals surface area (Å²) >= 11 is 7.65. The molecule has 1 aromatic carbocycles. The number of carboxylic acid groups (broad SMARTS) is 1. The molecule has 1 heterocycles. The molecular weight excluding hydrogens is 330 g/mol. The Morgan fingerprint density at radius 1 is 1.53 bits per heavy atom. The molecule has 0 saturated carbocycles. The minimum absolute atomic E-state index is 0.0754. The Bertz CT molecular complexity index is 508. The van der Waals surface area contributed by atoms with Crippen molar-refractivity contribution >= 4 is 40.4 Å². The monoisotopic (exact) mass is 343 g/mol. The number of rotatable bonds is 4. The highest BCUT2D eigenvalue weighted by atomic mass is 79.9. The minimum Gasteiger partial charge on any atom is -0.480 e. The van der Waals surface area contributed by atoms with Crippen molar-refractivity contribution < 1.29 is 14.7 Å². The summed E-state index contributed by atoms with van der Waals surface area (Å²) in [5, 5.41) is 9.28. The van der Waals surface area contributed by atoms with E-state index in [2.05, 4.69) is 28.6 Å². The zero-order valence-electron chi connectivity index (χ0n) is 10.1. The lowest BCUT2D eigenvalue weighted by Gasteiger charge is -2.24. The number of likely N-dealkylation sites (tertiary alicyclic amines) is 1. The zero-order chi connectivity index (χ0) is 14.0. The third-order valence-corrected chi connectivity index (χ3v) is 4.29. The number of aliphatic carboxylic acids is 1. The normalized spacial score (nSPS) is 20.6. The first kappa shape index (κ1) is 14.4. The fourth-order valence-corrected chi connectivity index (χ4v) is 3.00. The average Bonchev–Trinajstić information content (AvgIpc) is 2.67. The van der Waals surface area contributed by atoms with Gasteiger partial charge >= 0.3 is 5.97 Å². The van der Waals surface area contributed by atoms with Crippen LogP contribution in [0.2, 0.25) is 0 Å². The molecule has 1 N–H and O–H groups in total. The van der Waals surface area contributed by atoms with Gasteiger partial charge in [0.1, 0.15) is 6.04 Å². The van der Waals surface area contributed by atoms with Gasteiger partial charge < -0.3 is 10.0 Å². The number of benzene rings is 1. The molecule has 19 heavy (non-hydrogen) atoms. The van der Waals surface area contributed by atoms with Crippen molar-refractivity contribution in [2.75, 3.05) is 6.54 Å². The lowest BCUT2D eigenvalue weighted by Crippen LogP contribution is -2.43. The summed E-state index contributed by atoms with van der Waals surface area (Å²) in [6.45, 7) is 0.392. The number of carbonyl (C=O) groups excluding carboxylic acids is 1. The van der Waals surface area contributed by atoms with Crippen LogP contribution in [0.5, 0.6) is 0 Å². The highest BCUT2D eigenvalue weighted by Crippen LogP contribution is 2.24. The van der Waals surface area contributed by atoms with Gasteiger partial charge in [0.05, 0.1) is 0 Å². The van der Waals surface area contributed by atoms with E-state index in [-0.39, 0.29) is 11.2 Å². The van der Waals surface area contributed by atoms with E-state index in [4.69, 9.17) is 0 Å². The molecule has 2 atom stereocenters. The van der Waals surface area contributed by atoms with Crippen molar-refractivity contribution in [3.63, 3.8) is 0 Å². The smallest absolute Gasteiger partial charge is 0.326 e. The Morgan fingerprint density at radius 2 is 2.21 bits per heavy atom. The van der Waals surface area contributed by atoms with Crippen LogP contribution in [0.15, 0.2) is 28.7 Å². The predicted octanol–water partition coefficient (Wildman–Crippen LogP) is 1.98. The van der Waals surface area contributed by atoms with Gasteiger partial charge in [0.2, 0.25) is 5.91 Å². The Labute approximate surface area is 125 Å². The van der Waals surface area contributed by atoms with Gasteiger partial charge in [0.15, 0.2) is 0 Å². The Hall–Kier alpha value is -1.01. The van der Waals surface area contributed by atoms with Crippen molar-refractivity contribution in [2.45, 2.75) is 24.1 Å². The maximum absolute atomic E-state index is 11.8. The molecule has 4 nitrogen and oxygen atoms in total. The van der Waals surface area contributed by atoms with E-state index >= 15 is 0 Å². The van der Waals surface area contributed by atoms with Crippen LogP contribution >= 0.6 is 28.6 Å². The molecule has 1 fully saturated rings. The molecule has 0 bridgehead atoms. The fourth-order valence-electron chi connectivity index (χ4n) is 2.22. The third-order valence-electron chi connectivity index (χ3n) is 3.17. The minimum atomic E-state index is -0.980. The van der Waals surface area contributed by atoms with Gasteiger partial charge in [0.25, 0.3) is 0 Å². The Morgan fingerprint density at radius 3 is 2.74 bits per heavy atom. The van der Waals surface area contributed by atoms with Crippen molar-refractivity contribution in [3.05, 3.63) is 34.3 Å². The molecule has 0 aliphatic carbocycles. The number of carboxylic acids is 1. The summed E-state index contributed by atoms with van der Waals surface area (Å²) < 4.78 is 0.857. The summed E-state index contributed by atoms with van der Waals surface area (Å²) in [6, 6.07) is 6.61. The summed E-state index contributed by atoms with van der Waals surface area (Å²) in [4.78, 5) is 24.6.